The molecule has 1 N–H and O–H groups in total. The van der Waals surface area contributed by atoms with Crippen molar-refractivity contribution < 1.29 is 4.74 Å². The zero-order valence-electron chi connectivity index (χ0n) is 13.2. The summed E-state index contributed by atoms with van der Waals surface area (Å²) in [5.74, 6) is 2.15. The van der Waals surface area contributed by atoms with E-state index in [9.17, 15) is 0 Å². The van der Waals surface area contributed by atoms with E-state index in [1.54, 1.807) is 12.5 Å². The number of nitrogens with one attached hydrogen (secondary N) is 1. The van der Waals surface area contributed by atoms with Gasteiger partial charge in [0.05, 0.1) is 5.52 Å². The summed E-state index contributed by atoms with van der Waals surface area (Å²) in [5, 5.41) is 4.60. The Morgan fingerprint density at radius 3 is 2.92 bits per heavy atom. The first-order valence-electron chi connectivity index (χ1n) is 8.07. The lowest BCUT2D eigenvalue weighted by Crippen LogP contribution is -2.23. The van der Waals surface area contributed by atoms with Crippen molar-refractivity contribution in [1.29, 1.82) is 0 Å². The molecule has 1 aromatic carbocycles. The number of ether oxygens (including phenoxy) is 1. The van der Waals surface area contributed by atoms with Gasteiger partial charge in [0, 0.05) is 41.1 Å². The van der Waals surface area contributed by atoms with Crippen molar-refractivity contribution in [3.8, 4) is 5.95 Å². The van der Waals surface area contributed by atoms with E-state index in [2.05, 4.69) is 50.0 Å². The minimum atomic E-state index is 0.628. The molecule has 1 aliphatic heterocycles. The highest BCUT2D eigenvalue weighted by Gasteiger charge is 2.15. The summed E-state index contributed by atoms with van der Waals surface area (Å²) in [6.45, 7) is 2.62. The van der Waals surface area contributed by atoms with Gasteiger partial charge in [0.1, 0.15) is 12.1 Å². The zero-order chi connectivity index (χ0) is 16.4. The molecule has 0 unspecified atom stereocenters. The third-order valence-corrected chi connectivity index (χ3v) is 4.95. The van der Waals surface area contributed by atoms with Gasteiger partial charge in [0.2, 0.25) is 5.95 Å². The molecule has 0 amide bonds. The first-order chi connectivity index (χ1) is 11.8. The highest BCUT2D eigenvalue weighted by molar-refractivity contribution is 14.1. The average Bonchev–Trinajstić information content (AvgIpc) is 3.15. The van der Waals surface area contributed by atoms with Gasteiger partial charge in [-0.1, -0.05) is 0 Å². The SMILES string of the molecule is Ic1ccc2nc(-n3ccnc3)nc(NCC3CCOCC3)c2c1. The number of fused-ring (bicyclic) bond motifs is 1. The summed E-state index contributed by atoms with van der Waals surface area (Å²) in [7, 11) is 0. The Kier molecular flexibility index (Phi) is 4.61. The van der Waals surface area contributed by atoms with E-state index in [1.807, 2.05) is 16.8 Å². The number of imidazole rings is 1. The Bertz CT molecular complexity index is 830. The molecule has 3 aromatic rings. The first kappa shape index (κ1) is 15.8. The number of halogens is 1. The van der Waals surface area contributed by atoms with Crippen LogP contribution in [0.1, 0.15) is 12.8 Å². The number of anilines is 1. The van der Waals surface area contributed by atoms with Gasteiger partial charge in [0.15, 0.2) is 0 Å². The monoisotopic (exact) mass is 435 g/mol. The molecule has 3 heterocycles. The zero-order valence-corrected chi connectivity index (χ0v) is 15.3. The van der Waals surface area contributed by atoms with E-state index in [0.29, 0.717) is 11.9 Å². The van der Waals surface area contributed by atoms with Gasteiger partial charge in [0.25, 0.3) is 0 Å². The standard InChI is InChI=1S/C17H18IN5O/c18-13-1-2-15-14(9-13)16(20-10-12-3-7-24-8-4-12)22-17(21-15)23-6-5-19-11-23/h1-2,5-6,9,11-12H,3-4,7-8,10H2,(H,20,21,22). The minimum absolute atomic E-state index is 0.628. The molecule has 4 rings (SSSR count). The van der Waals surface area contributed by atoms with Crippen LogP contribution in [-0.2, 0) is 4.74 Å². The van der Waals surface area contributed by atoms with Crippen molar-refractivity contribution in [3.63, 3.8) is 0 Å². The van der Waals surface area contributed by atoms with Crippen LogP contribution in [0.4, 0.5) is 5.82 Å². The maximum atomic E-state index is 5.44. The third-order valence-electron chi connectivity index (χ3n) is 4.28. The van der Waals surface area contributed by atoms with E-state index < -0.39 is 0 Å². The van der Waals surface area contributed by atoms with Crippen LogP contribution in [0.25, 0.3) is 16.9 Å². The molecule has 24 heavy (non-hydrogen) atoms. The van der Waals surface area contributed by atoms with Crippen molar-refractivity contribution in [2.75, 3.05) is 25.1 Å². The van der Waals surface area contributed by atoms with Gasteiger partial charge in [-0.3, -0.25) is 4.57 Å². The molecule has 1 saturated heterocycles. The predicted octanol–water partition coefficient (Wildman–Crippen LogP) is 3.26. The number of hydrogen-bond acceptors (Lipinski definition) is 5. The summed E-state index contributed by atoms with van der Waals surface area (Å²) >= 11 is 2.32. The lowest BCUT2D eigenvalue weighted by molar-refractivity contribution is 0.0699. The van der Waals surface area contributed by atoms with Crippen molar-refractivity contribution in [2.45, 2.75) is 12.8 Å². The summed E-state index contributed by atoms with van der Waals surface area (Å²) < 4.78 is 8.45. The van der Waals surface area contributed by atoms with Crippen molar-refractivity contribution in [2.24, 2.45) is 5.92 Å². The predicted molar refractivity (Wildman–Crippen MR) is 101 cm³/mol. The van der Waals surface area contributed by atoms with Gasteiger partial charge in [-0.2, -0.15) is 4.98 Å². The molecule has 2 aromatic heterocycles. The molecule has 0 radical (unpaired) electrons. The lowest BCUT2D eigenvalue weighted by atomic mass is 10.0. The Morgan fingerprint density at radius 1 is 1.25 bits per heavy atom. The second kappa shape index (κ2) is 7.02. The Hall–Kier alpha value is -1.74. The van der Waals surface area contributed by atoms with Crippen LogP contribution in [0.2, 0.25) is 0 Å². The number of nitrogens with zero attached hydrogens (tertiary/aromatic N) is 4. The molecule has 0 spiro atoms. The van der Waals surface area contributed by atoms with Crippen LogP contribution in [-0.4, -0.2) is 39.3 Å². The van der Waals surface area contributed by atoms with Crippen molar-refractivity contribution >= 4 is 39.3 Å². The number of hydrogen-bond donors (Lipinski definition) is 1. The smallest absolute Gasteiger partial charge is 0.237 e. The molecule has 6 nitrogen and oxygen atoms in total. The Labute approximate surface area is 153 Å². The van der Waals surface area contributed by atoms with Crippen LogP contribution in [0.3, 0.4) is 0 Å². The molecule has 0 bridgehead atoms. The lowest BCUT2D eigenvalue weighted by Gasteiger charge is -2.22. The van der Waals surface area contributed by atoms with Crippen LogP contribution in [0, 0.1) is 9.49 Å². The summed E-state index contributed by atoms with van der Waals surface area (Å²) in [5.41, 5.74) is 0.934. The molecule has 0 atom stereocenters. The molecule has 1 aliphatic rings. The van der Waals surface area contributed by atoms with Gasteiger partial charge < -0.3 is 10.1 Å². The molecular weight excluding hydrogens is 417 g/mol. The molecule has 0 aliphatic carbocycles. The summed E-state index contributed by atoms with van der Waals surface area (Å²) in [6, 6.07) is 6.23. The average molecular weight is 435 g/mol. The second-order valence-corrected chi connectivity index (χ2v) is 7.19. The summed E-state index contributed by atoms with van der Waals surface area (Å²) in [4.78, 5) is 13.5. The summed E-state index contributed by atoms with van der Waals surface area (Å²) in [6.07, 6.45) is 7.51. The van der Waals surface area contributed by atoms with Crippen LogP contribution in [0.15, 0.2) is 36.9 Å². The molecule has 0 saturated carbocycles. The van der Waals surface area contributed by atoms with E-state index in [-0.39, 0.29) is 0 Å². The second-order valence-electron chi connectivity index (χ2n) is 5.94. The Balaban J connectivity index is 1.69. The number of aromatic nitrogens is 4. The van der Waals surface area contributed by atoms with Crippen LogP contribution >= 0.6 is 22.6 Å². The van der Waals surface area contributed by atoms with Crippen LogP contribution in [0.5, 0.6) is 0 Å². The van der Waals surface area contributed by atoms with E-state index in [4.69, 9.17) is 9.72 Å². The van der Waals surface area contributed by atoms with E-state index >= 15 is 0 Å². The van der Waals surface area contributed by atoms with Gasteiger partial charge in [-0.15, -0.1) is 0 Å². The van der Waals surface area contributed by atoms with Gasteiger partial charge in [-0.05, 0) is 59.5 Å². The fourth-order valence-electron chi connectivity index (χ4n) is 2.91. The first-order valence-corrected chi connectivity index (χ1v) is 9.15. The molecule has 7 heteroatoms. The maximum Gasteiger partial charge on any atom is 0.237 e. The highest BCUT2D eigenvalue weighted by Crippen LogP contribution is 2.25. The van der Waals surface area contributed by atoms with Crippen molar-refractivity contribution in [1.82, 2.24) is 19.5 Å². The maximum absolute atomic E-state index is 5.44. The molecule has 124 valence electrons. The quantitative estimate of drug-likeness (QED) is 0.638. The van der Waals surface area contributed by atoms with Gasteiger partial charge >= 0.3 is 0 Å². The Morgan fingerprint density at radius 2 is 2.12 bits per heavy atom. The topological polar surface area (TPSA) is 64.9 Å². The van der Waals surface area contributed by atoms with E-state index in [1.165, 1.54) is 3.57 Å². The minimum Gasteiger partial charge on any atom is -0.381 e. The largest absolute Gasteiger partial charge is 0.381 e. The van der Waals surface area contributed by atoms with Crippen molar-refractivity contribution in [3.05, 3.63) is 40.5 Å². The fourth-order valence-corrected chi connectivity index (χ4v) is 3.40. The van der Waals surface area contributed by atoms with Crippen LogP contribution < -0.4 is 5.32 Å². The van der Waals surface area contributed by atoms with E-state index in [0.717, 1.165) is 49.3 Å². The highest BCUT2D eigenvalue weighted by atomic mass is 127. The molecular formula is C17H18IN5O. The number of benzene rings is 1. The van der Waals surface area contributed by atoms with Gasteiger partial charge in [-0.25, -0.2) is 9.97 Å². The number of rotatable bonds is 4. The fraction of sp³-hybridized carbons (Fsp3) is 0.353. The normalized spacial score (nSPS) is 15.7. The third kappa shape index (κ3) is 3.36. The molecule has 1 fully saturated rings.